The second-order valence-corrected chi connectivity index (χ2v) is 13.8. The Bertz CT molecular complexity index is 1770. The molecule has 1 atom stereocenters. The van der Waals surface area contributed by atoms with Crippen LogP contribution in [-0.4, -0.2) is 50.9 Å². The molecular formula is C35H37Cl2N3O5S. The van der Waals surface area contributed by atoms with Gasteiger partial charge in [0.05, 0.1) is 17.7 Å². The minimum Gasteiger partial charge on any atom is -0.495 e. The fourth-order valence-electron chi connectivity index (χ4n) is 4.95. The summed E-state index contributed by atoms with van der Waals surface area (Å²) in [4.78, 5) is 29.8. The van der Waals surface area contributed by atoms with Crippen LogP contribution in [-0.2, 0) is 32.6 Å². The number of carbonyl (C=O) groups excluding carboxylic acids is 2. The van der Waals surface area contributed by atoms with E-state index in [9.17, 15) is 18.0 Å². The van der Waals surface area contributed by atoms with Gasteiger partial charge in [-0.05, 0) is 68.3 Å². The number of amides is 2. The van der Waals surface area contributed by atoms with Gasteiger partial charge in [-0.15, -0.1) is 0 Å². The monoisotopic (exact) mass is 681 g/mol. The largest absolute Gasteiger partial charge is 0.495 e. The van der Waals surface area contributed by atoms with Crippen LogP contribution in [0.2, 0.25) is 10.0 Å². The molecule has 0 bridgehead atoms. The second-order valence-electron chi connectivity index (χ2n) is 11.1. The van der Waals surface area contributed by atoms with Crippen molar-refractivity contribution in [1.29, 1.82) is 0 Å². The van der Waals surface area contributed by atoms with Gasteiger partial charge in [0.25, 0.3) is 10.0 Å². The van der Waals surface area contributed by atoms with E-state index in [0.717, 1.165) is 15.4 Å². The Balaban J connectivity index is 1.86. The average molecular weight is 683 g/mol. The Morgan fingerprint density at radius 1 is 0.891 bits per heavy atom. The minimum atomic E-state index is -4.33. The van der Waals surface area contributed by atoms with Crippen LogP contribution >= 0.6 is 23.2 Å². The maximum atomic E-state index is 14.6. The summed E-state index contributed by atoms with van der Waals surface area (Å²) in [7, 11) is -2.93. The highest BCUT2D eigenvalue weighted by molar-refractivity contribution is 7.92. The number of sulfonamides is 1. The summed E-state index contributed by atoms with van der Waals surface area (Å²) < 4.78 is 35.1. The van der Waals surface area contributed by atoms with E-state index in [-0.39, 0.29) is 46.3 Å². The number of anilines is 1. The number of halogens is 2. The number of nitrogens with one attached hydrogen (secondary N) is 1. The molecule has 0 radical (unpaired) electrons. The SMILES string of the molecule is COc1ccc(Cl)cc1N(CC(=O)N(Cc1ccccc1Cl)[C@H](Cc1ccccc1)C(=O)NC(C)C)S(=O)(=O)c1ccc(C)cc1. The smallest absolute Gasteiger partial charge is 0.264 e. The van der Waals surface area contributed by atoms with Gasteiger partial charge in [-0.1, -0.05) is 89.4 Å². The number of hydrogen-bond acceptors (Lipinski definition) is 5. The summed E-state index contributed by atoms with van der Waals surface area (Å²) in [5.41, 5.74) is 2.37. The number of nitrogens with zero attached hydrogens (tertiary/aromatic N) is 2. The molecule has 8 nitrogen and oxygen atoms in total. The third-order valence-corrected chi connectivity index (χ3v) is 9.68. The van der Waals surface area contributed by atoms with Crippen molar-refractivity contribution in [3.8, 4) is 5.75 Å². The summed E-state index contributed by atoms with van der Waals surface area (Å²) in [6, 6.07) is 26.0. The van der Waals surface area contributed by atoms with E-state index in [0.29, 0.717) is 10.6 Å². The highest BCUT2D eigenvalue weighted by Gasteiger charge is 2.36. The predicted molar refractivity (Wildman–Crippen MR) is 183 cm³/mol. The minimum absolute atomic E-state index is 0.0241. The Labute approximate surface area is 280 Å². The van der Waals surface area contributed by atoms with Crippen LogP contribution in [0.4, 0.5) is 5.69 Å². The number of ether oxygens (including phenoxy) is 1. The Morgan fingerprint density at radius 2 is 1.54 bits per heavy atom. The molecule has 11 heteroatoms. The first-order valence-corrected chi connectivity index (χ1v) is 16.9. The lowest BCUT2D eigenvalue weighted by atomic mass is 10.0. The lowest BCUT2D eigenvalue weighted by Crippen LogP contribution is -2.54. The first-order chi connectivity index (χ1) is 21.9. The van der Waals surface area contributed by atoms with Crippen molar-refractivity contribution in [3.63, 3.8) is 0 Å². The summed E-state index contributed by atoms with van der Waals surface area (Å²) >= 11 is 12.9. The lowest BCUT2D eigenvalue weighted by molar-refractivity contribution is -0.140. The fraction of sp³-hybridized carbons (Fsp3) is 0.257. The maximum Gasteiger partial charge on any atom is 0.264 e. The molecule has 0 heterocycles. The molecule has 4 aromatic rings. The lowest BCUT2D eigenvalue weighted by Gasteiger charge is -2.34. The molecule has 0 aliphatic rings. The summed E-state index contributed by atoms with van der Waals surface area (Å²) in [6.45, 7) is 4.81. The zero-order valence-corrected chi connectivity index (χ0v) is 28.4. The van der Waals surface area contributed by atoms with Crippen molar-refractivity contribution in [2.24, 2.45) is 0 Å². The van der Waals surface area contributed by atoms with Crippen LogP contribution in [0.25, 0.3) is 0 Å². The van der Waals surface area contributed by atoms with Crippen LogP contribution in [0.15, 0.2) is 102 Å². The normalized spacial score (nSPS) is 12.0. The van der Waals surface area contributed by atoms with E-state index >= 15 is 0 Å². The van der Waals surface area contributed by atoms with Gasteiger partial charge in [0.15, 0.2) is 0 Å². The number of carbonyl (C=O) groups is 2. The number of rotatable bonds is 13. The molecule has 4 rings (SSSR count). The van der Waals surface area contributed by atoms with E-state index in [1.165, 1.54) is 36.3 Å². The molecule has 0 saturated heterocycles. The predicted octanol–water partition coefficient (Wildman–Crippen LogP) is 6.67. The van der Waals surface area contributed by atoms with Gasteiger partial charge >= 0.3 is 0 Å². The van der Waals surface area contributed by atoms with Crippen molar-refractivity contribution >= 4 is 50.7 Å². The Hall–Kier alpha value is -4.05. The summed E-state index contributed by atoms with van der Waals surface area (Å²) in [5, 5.41) is 3.59. The molecule has 242 valence electrons. The average Bonchev–Trinajstić information content (AvgIpc) is 3.02. The molecule has 0 unspecified atom stereocenters. The molecule has 0 aliphatic carbocycles. The van der Waals surface area contributed by atoms with Crippen LogP contribution < -0.4 is 14.4 Å². The third kappa shape index (κ3) is 8.60. The number of hydrogen-bond donors (Lipinski definition) is 1. The van der Waals surface area contributed by atoms with Crippen molar-refractivity contribution in [3.05, 3.63) is 124 Å². The van der Waals surface area contributed by atoms with E-state index < -0.39 is 28.5 Å². The molecule has 0 saturated carbocycles. The van der Waals surface area contributed by atoms with E-state index in [4.69, 9.17) is 27.9 Å². The van der Waals surface area contributed by atoms with Crippen LogP contribution in [0, 0.1) is 6.92 Å². The zero-order valence-electron chi connectivity index (χ0n) is 26.1. The second kappa shape index (κ2) is 15.5. The van der Waals surface area contributed by atoms with Crippen LogP contribution in [0.3, 0.4) is 0 Å². The van der Waals surface area contributed by atoms with Gasteiger partial charge in [-0.25, -0.2) is 8.42 Å². The summed E-state index contributed by atoms with van der Waals surface area (Å²) in [5.74, 6) is -0.811. The zero-order chi connectivity index (χ0) is 33.4. The quantitative estimate of drug-likeness (QED) is 0.170. The van der Waals surface area contributed by atoms with Crippen molar-refractivity contribution in [2.75, 3.05) is 18.0 Å². The topological polar surface area (TPSA) is 96.0 Å². The van der Waals surface area contributed by atoms with Gasteiger partial charge in [-0.2, -0.15) is 0 Å². The van der Waals surface area contributed by atoms with Gasteiger partial charge in [-0.3, -0.25) is 13.9 Å². The first kappa shape index (κ1) is 34.8. The number of benzene rings is 4. The molecule has 1 N–H and O–H groups in total. The molecule has 0 aliphatic heterocycles. The molecule has 0 spiro atoms. The number of methoxy groups -OCH3 is 1. The molecular weight excluding hydrogens is 645 g/mol. The highest BCUT2D eigenvalue weighted by Crippen LogP contribution is 2.35. The van der Waals surface area contributed by atoms with Crippen molar-refractivity contribution in [2.45, 2.75) is 50.7 Å². The van der Waals surface area contributed by atoms with Gasteiger partial charge in [0.1, 0.15) is 18.3 Å². The standard InChI is InChI=1S/C35H37Cl2N3O5S/c1-24(2)38-35(42)32(20-26-10-6-5-7-11-26)39(22-27-12-8-9-13-30(27)37)34(41)23-40(31-21-28(36)16-19-33(31)45-4)46(43,44)29-17-14-25(3)15-18-29/h5-19,21,24,32H,20,22-23H2,1-4H3,(H,38,42)/t32-/m1/s1. The van der Waals surface area contributed by atoms with Gasteiger partial charge in [0.2, 0.25) is 11.8 Å². The Morgan fingerprint density at radius 3 is 2.17 bits per heavy atom. The number of aryl methyl sites for hydroxylation is 1. The molecule has 4 aromatic carbocycles. The molecule has 0 fully saturated rings. The van der Waals surface area contributed by atoms with Crippen molar-refractivity contribution < 1.29 is 22.7 Å². The van der Waals surface area contributed by atoms with E-state index in [2.05, 4.69) is 5.32 Å². The molecule has 2 amide bonds. The fourth-order valence-corrected chi connectivity index (χ4v) is 6.73. The van der Waals surface area contributed by atoms with Crippen LogP contribution in [0.1, 0.15) is 30.5 Å². The van der Waals surface area contributed by atoms with Gasteiger partial charge < -0.3 is 15.0 Å². The molecule has 0 aromatic heterocycles. The highest BCUT2D eigenvalue weighted by atomic mass is 35.5. The van der Waals surface area contributed by atoms with Gasteiger partial charge in [0, 0.05) is 29.1 Å². The van der Waals surface area contributed by atoms with Crippen molar-refractivity contribution in [1.82, 2.24) is 10.2 Å². The first-order valence-electron chi connectivity index (χ1n) is 14.7. The molecule has 46 heavy (non-hydrogen) atoms. The van der Waals surface area contributed by atoms with E-state index in [1.54, 1.807) is 42.5 Å². The maximum absolute atomic E-state index is 14.6. The third-order valence-electron chi connectivity index (χ3n) is 7.30. The Kier molecular flexibility index (Phi) is 11.7. The van der Waals surface area contributed by atoms with Crippen LogP contribution in [0.5, 0.6) is 5.75 Å². The summed E-state index contributed by atoms with van der Waals surface area (Å²) in [6.07, 6.45) is 0.181. The van der Waals surface area contributed by atoms with E-state index in [1.807, 2.05) is 51.1 Å².